The second-order valence-electron chi connectivity index (χ2n) is 7.58. The maximum Gasteiger partial charge on any atom is 0.359 e. The molecule has 6 heteroatoms. The summed E-state index contributed by atoms with van der Waals surface area (Å²) in [6.45, 7) is 9.09. The van der Waals surface area contributed by atoms with Crippen molar-refractivity contribution in [3.63, 3.8) is 0 Å². The lowest BCUT2D eigenvalue weighted by molar-refractivity contribution is 0.0443. The van der Waals surface area contributed by atoms with E-state index in [0.29, 0.717) is 23.2 Å². The molecule has 3 aromatic rings. The number of ether oxygens (including phenoxy) is 2. The minimum Gasteiger partial charge on any atom is -0.490 e. The average Bonchev–Trinajstić information content (AvgIpc) is 2.73. The van der Waals surface area contributed by atoms with Crippen LogP contribution >= 0.6 is 0 Å². The molecule has 0 atom stereocenters. The Kier molecular flexibility index (Phi) is 6.87. The number of hydrogen-bond donors (Lipinski definition) is 0. The topological polar surface area (TPSA) is 70.4 Å². The van der Waals surface area contributed by atoms with Gasteiger partial charge < -0.3 is 9.47 Å². The molecule has 6 nitrogen and oxygen atoms in total. The summed E-state index contributed by atoms with van der Waals surface area (Å²) in [6, 6.07) is 13.0. The van der Waals surface area contributed by atoms with Gasteiger partial charge in [0, 0.05) is 11.9 Å². The molecule has 0 spiro atoms. The predicted octanol–water partition coefficient (Wildman–Crippen LogP) is 4.47. The first-order valence-corrected chi connectivity index (χ1v) is 10.3. The minimum absolute atomic E-state index is 0.0900. The molecule has 1 heterocycles. The standard InChI is InChI=1S/C24H28N2O4/c1-5-12-26-23(27)21-9-7-6-8-20(21)22(25-26)24(28)30-14-13-29-18-10-11-19(16(2)3)17(4)15-18/h6-11,15-16H,5,12-14H2,1-4H3. The molecule has 0 bridgehead atoms. The third-order valence-corrected chi connectivity index (χ3v) is 4.94. The molecule has 0 aliphatic rings. The van der Waals surface area contributed by atoms with Crippen LogP contribution in [0.1, 0.15) is 54.7 Å². The van der Waals surface area contributed by atoms with Crippen LogP contribution in [0.25, 0.3) is 10.8 Å². The fourth-order valence-corrected chi connectivity index (χ4v) is 3.50. The molecule has 0 aliphatic heterocycles. The van der Waals surface area contributed by atoms with Gasteiger partial charge in [0.25, 0.3) is 5.56 Å². The number of aromatic nitrogens is 2. The van der Waals surface area contributed by atoms with Gasteiger partial charge in [-0.15, -0.1) is 0 Å². The summed E-state index contributed by atoms with van der Waals surface area (Å²) >= 11 is 0. The lowest BCUT2D eigenvalue weighted by atomic mass is 9.98. The first-order chi connectivity index (χ1) is 14.4. The van der Waals surface area contributed by atoms with Crippen molar-refractivity contribution in [3.05, 3.63) is 69.6 Å². The first-order valence-electron chi connectivity index (χ1n) is 10.3. The Morgan fingerprint density at radius 3 is 2.50 bits per heavy atom. The van der Waals surface area contributed by atoms with Gasteiger partial charge in [-0.1, -0.05) is 45.0 Å². The second-order valence-corrected chi connectivity index (χ2v) is 7.58. The van der Waals surface area contributed by atoms with Crippen LogP contribution in [0, 0.1) is 6.92 Å². The number of aryl methyl sites for hydroxylation is 2. The second kappa shape index (κ2) is 9.57. The number of nitrogens with zero attached hydrogens (tertiary/aromatic N) is 2. The fraction of sp³-hybridized carbons (Fsp3) is 0.375. The number of esters is 1. The van der Waals surface area contributed by atoms with E-state index in [9.17, 15) is 9.59 Å². The molecule has 0 fully saturated rings. The van der Waals surface area contributed by atoms with Gasteiger partial charge in [0.15, 0.2) is 5.69 Å². The minimum atomic E-state index is -0.564. The predicted molar refractivity (Wildman–Crippen MR) is 117 cm³/mol. The van der Waals surface area contributed by atoms with Gasteiger partial charge in [0.05, 0.1) is 5.39 Å². The van der Waals surface area contributed by atoms with Crippen LogP contribution in [0.15, 0.2) is 47.3 Å². The Hall–Kier alpha value is -3.15. The molecular formula is C24H28N2O4. The van der Waals surface area contributed by atoms with Gasteiger partial charge in [-0.2, -0.15) is 5.10 Å². The molecule has 0 saturated carbocycles. The average molecular weight is 408 g/mol. The van der Waals surface area contributed by atoms with E-state index in [1.54, 1.807) is 24.3 Å². The van der Waals surface area contributed by atoms with Crippen molar-refractivity contribution in [1.29, 1.82) is 0 Å². The van der Waals surface area contributed by atoms with Gasteiger partial charge in [-0.25, -0.2) is 9.48 Å². The zero-order valence-electron chi connectivity index (χ0n) is 18.0. The first kappa shape index (κ1) is 21.6. The Morgan fingerprint density at radius 2 is 1.83 bits per heavy atom. The van der Waals surface area contributed by atoms with Crippen LogP contribution in [-0.2, 0) is 11.3 Å². The van der Waals surface area contributed by atoms with Gasteiger partial charge >= 0.3 is 5.97 Å². The lowest BCUT2D eigenvalue weighted by Gasteiger charge is -2.13. The zero-order chi connectivity index (χ0) is 21.7. The summed E-state index contributed by atoms with van der Waals surface area (Å²) in [4.78, 5) is 25.2. The van der Waals surface area contributed by atoms with E-state index in [-0.39, 0.29) is 24.5 Å². The number of fused-ring (bicyclic) bond motifs is 1. The molecule has 0 amide bonds. The highest BCUT2D eigenvalue weighted by atomic mass is 16.6. The van der Waals surface area contributed by atoms with Crippen LogP contribution in [0.2, 0.25) is 0 Å². The molecule has 30 heavy (non-hydrogen) atoms. The highest BCUT2D eigenvalue weighted by Gasteiger charge is 2.17. The Bertz CT molecular complexity index is 1100. The molecule has 1 aromatic heterocycles. The van der Waals surface area contributed by atoms with Crippen molar-refractivity contribution < 1.29 is 14.3 Å². The molecule has 158 valence electrons. The van der Waals surface area contributed by atoms with E-state index < -0.39 is 5.97 Å². The van der Waals surface area contributed by atoms with Gasteiger partial charge in [0.1, 0.15) is 19.0 Å². The summed E-state index contributed by atoms with van der Waals surface area (Å²) < 4.78 is 12.4. The molecule has 0 unspecified atom stereocenters. The van der Waals surface area contributed by atoms with Crippen LogP contribution < -0.4 is 10.3 Å². The normalized spacial score (nSPS) is 11.1. The van der Waals surface area contributed by atoms with Gasteiger partial charge in [-0.3, -0.25) is 4.79 Å². The third-order valence-electron chi connectivity index (χ3n) is 4.94. The maximum absolute atomic E-state index is 12.7. The highest BCUT2D eigenvalue weighted by molar-refractivity contribution is 6.02. The number of benzene rings is 2. The highest BCUT2D eigenvalue weighted by Crippen LogP contribution is 2.23. The monoisotopic (exact) mass is 408 g/mol. The van der Waals surface area contributed by atoms with Crippen molar-refractivity contribution in [1.82, 2.24) is 9.78 Å². The van der Waals surface area contributed by atoms with Gasteiger partial charge in [-0.05, 0) is 48.6 Å². The summed E-state index contributed by atoms with van der Waals surface area (Å²) in [7, 11) is 0. The van der Waals surface area contributed by atoms with Crippen molar-refractivity contribution in [3.8, 4) is 5.75 Å². The molecule has 0 N–H and O–H groups in total. The van der Waals surface area contributed by atoms with E-state index in [2.05, 4.69) is 31.9 Å². The summed E-state index contributed by atoms with van der Waals surface area (Å²) in [5.41, 5.74) is 2.41. The quantitative estimate of drug-likeness (QED) is 0.406. The van der Waals surface area contributed by atoms with E-state index in [1.165, 1.54) is 15.8 Å². The molecular weight excluding hydrogens is 380 g/mol. The molecule has 0 saturated heterocycles. The molecule has 0 radical (unpaired) electrons. The van der Waals surface area contributed by atoms with Crippen LogP contribution in [0.3, 0.4) is 0 Å². The summed E-state index contributed by atoms with van der Waals surface area (Å²) in [5.74, 6) is 0.636. The van der Waals surface area contributed by atoms with Crippen LogP contribution in [-0.4, -0.2) is 29.0 Å². The van der Waals surface area contributed by atoms with E-state index in [0.717, 1.165) is 12.2 Å². The summed E-state index contributed by atoms with van der Waals surface area (Å²) in [5, 5.41) is 5.22. The van der Waals surface area contributed by atoms with E-state index >= 15 is 0 Å². The smallest absolute Gasteiger partial charge is 0.359 e. The van der Waals surface area contributed by atoms with Gasteiger partial charge in [0.2, 0.25) is 0 Å². The number of rotatable bonds is 8. The Labute approximate surface area is 176 Å². The third kappa shape index (κ3) is 4.70. The van der Waals surface area contributed by atoms with Crippen LogP contribution in [0.5, 0.6) is 5.75 Å². The van der Waals surface area contributed by atoms with E-state index in [4.69, 9.17) is 9.47 Å². The maximum atomic E-state index is 12.7. The summed E-state index contributed by atoms with van der Waals surface area (Å²) in [6.07, 6.45) is 0.739. The number of carbonyl (C=O) groups excluding carboxylic acids is 1. The van der Waals surface area contributed by atoms with Crippen LogP contribution in [0.4, 0.5) is 0 Å². The van der Waals surface area contributed by atoms with E-state index in [1.807, 2.05) is 19.1 Å². The largest absolute Gasteiger partial charge is 0.490 e. The Balaban J connectivity index is 1.68. The van der Waals surface area contributed by atoms with Crippen molar-refractivity contribution >= 4 is 16.7 Å². The zero-order valence-corrected chi connectivity index (χ0v) is 18.0. The molecule has 3 rings (SSSR count). The van der Waals surface area contributed by atoms with Crippen molar-refractivity contribution in [2.75, 3.05) is 13.2 Å². The lowest BCUT2D eigenvalue weighted by Crippen LogP contribution is -2.26. The fourth-order valence-electron chi connectivity index (χ4n) is 3.50. The number of carbonyl (C=O) groups is 1. The Morgan fingerprint density at radius 1 is 1.10 bits per heavy atom. The van der Waals surface area contributed by atoms with Crippen molar-refractivity contribution in [2.24, 2.45) is 0 Å². The van der Waals surface area contributed by atoms with Crippen molar-refractivity contribution in [2.45, 2.75) is 46.6 Å². The number of hydrogen-bond acceptors (Lipinski definition) is 5. The SMILES string of the molecule is CCCn1nc(C(=O)OCCOc2ccc(C(C)C)c(C)c2)c2ccccc2c1=O. The molecule has 0 aliphatic carbocycles. The molecule has 2 aromatic carbocycles.